The van der Waals surface area contributed by atoms with Crippen molar-refractivity contribution in [2.45, 2.75) is 44.6 Å². The molecule has 3 unspecified atom stereocenters. The molecule has 3 fully saturated rings. The van der Waals surface area contributed by atoms with Gasteiger partial charge in [0, 0.05) is 31.5 Å². The number of ether oxygens (including phenoxy) is 1. The number of carbonyl (C=O) groups excluding carboxylic acids is 2. The molecule has 2 heterocycles. The Kier molecular flexibility index (Phi) is 3.37. The van der Waals surface area contributed by atoms with Gasteiger partial charge in [0.2, 0.25) is 5.91 Å². The van der Waals surface area contributed by atoms with E-state index < -0.39 is 0 Å². The van der Waals surface area contributed by atoms with E-state index in [1.165, 1.54) is 0 Å². The van der Waals surface area contributed by atoms with Crippen molar-refractivity contribution in [3.05, 3.63) is 0 Å². The summed E-state index contributed by atoms with van der Waals surface area (Å²) in [6.07, 6.45) is 5.61. The molecule has 0 aromatic heterocycles. The Morgan fingerprint density at radius 2 is 2.11 bits per heavy atom. The Morgan fingerprint density at radius 3 is 2.78 bits per heavy atom. The van der Waals surface area contributed by atoms with E-state index in [9.17, 15) is 9.59 Å². The maximum atomic E-state index is 12.5. The quantitative estimate of drug-likeness (QED) is 0.745. The third-order valence-electron chi connectivity index (χ3n) is 4.68. The number of nitrogens with zero attached hydrogens (tertiary/aromatic N) is 1. The van der Waals surface area contributed by atoms with Gasteiger partial charge >= 0.3 is 0 Å². The minimum Gasteiger partial charge on any atom is -0.381 e. The zero-order chi connectivity index (χ0) is 12.5. The summed E-state index contributed by atoms with van der Waals surface area (Å²) in [7, 11) is 0. The molecule has 0 spiro atoms. The molecule has 100 valence electrons. The van der Waals surface area contributed by atoms with E-state index >= 15 is 0 Å². The smallest absolute Gasteiger partial charge is 0.228 e. The molecule has 0 aromatic rings. The SMILES string of the molecule is O=C1CCCC1C1CCCN1C(=O)C1CCOC1. The third kappa shape index (κ3) is 2.07. The van der Waals surface area contributed by atoms with Gasteiger partial charge in [0.05, 0.1) is 12.5 Å². The summed E-state index contributed by atoms with van der Waals surface area (Å²) in [5, 5.41) is 0. The molecule has 3 rings (SSSR count). The average molecular weight is 251 g/mol. The lowest BCUT2D eigenvalue weighted by molar-refractivity contribution is -0.138. The van der Waals surface area contributed by atoms with E-state index in [2.05, 4.69) is 0 Å². The Morgan fingerprint density at radius 1 is 1.22 bits per heavy atom. The Hall–Kier alpha value is -0.900. The lowest BCUT2D eigenvalue weighted by Crippen LogP contribution is -2.44. The van der Waals surface area contributed by atoms with Crippen molar-refractivity contribution in [3.63, 3.8) is 0 Å². The van der Waals surface area contributed by atoms with Crippen LogP contribution in [-0.2, 0) is 14.3 Å². The van der Waals surface area contributed by atoms with Gasteiger partial charge in [0.1, 0.15) is 5.78 Å². The first-order valence-corrected chi connectivity index (χ1v) is 7.18. The fraction of sp³-hybridized carbons (Fsp3) is 0.857. The molecular formula is C14H21NO3. The van der Waals surface area contributed by atoms with Crippen LogP contribution >= 0.6 is 0 Å². The van der Waals surface area contributed by atoms with Gasteiger partial charge in [-0.1, -0.05) is 0 Å². The zero-order valence-electron chi connectivity index (χ0n) is 10.8. The summed E-state index contributed by atoms with van der Waals surface area (Å²) in [6.45, 7) is 2.11. The van der Waals surface area contributed by atoms with Crippen LogP contribution in [0.25, 0.3) is 0 Å². The topological polar surface area (TPSA) is 46.6 Å². The molecule has 4 nitrogen and oxygen atoms in total. The van der Waals surface area contributed by atoms with Gasteiger partial charge in [-0.05, 0) is 32.1 Å². The summed E-state index contributed by atoms with van der Waals surface area (Å²) in [5.41, 5.74) is 0. The van der Waals surface area contributed by atoms with E-state index in [0.717, 1.165) is 45.1 Å². The Labute approximate surface area is 108 Å². The number of carbonyl (C=O) groups is 2. The molecular weight excluding hydrogens is 230 g/mol. The average Bonchev–Trinajstić information content (AvgIpc) is 3.09. The van der Waals surface area contributed by atoms with E-state index in [4.69, 9.17) is 4.74 Å². The van der Waals surface area contributed by atoms with Crippen molar-refractivity contribution in [3.8, 4) is 0 Å². The van der Waals surface area contributed by atoms with Gasteiger partial charge in [0.15, 0.2) is 0 Å². The van der Waals surface area contributed by atoms with Gasteiger partial charge in [-0.25, -0.2) is 0 Å². The van der Waals surface area contributed by atoms with E-state index in [-0.39, 0.29) is 23.8 Å². The number of likely N-dealkylation sites (tertiary alicyclic amines) is 1. The normalized spacial score (nSPS) is 36.6. The monoisotopic (exact) mass is 251 g/mol. The molecule has 2 saturated heterocycles. The van der Waals surface area contributed by atoms with Crippen LogP contribution in [0.5, 0.6) is 0 Å². The first kappa shape index (κ1) is 12.2. The van der Waals surface area contributed by atoms with Crippen LogP contribution in [-0.4, -0.2) is 42.4 Å². The summed E-state index contributed by atoms with van der Waals surface area (Å²) >= 11 is 0. The molecule has 0 bridgehead atoms. The van der Waals surface area contributed by atoms with Crippen molar-refractivity contribution in [1.82, 2.24) is 4.90 Å². The number of hydrogen-bond donors (Lipinski definition) is 0. The number of rotatable bonds is 2. The van der Waals surface area contributed by atoms with Crippen LogP contribution in [0.4, 0.5) is 0 Å². The lowest BCUT2D eigenvalue weighted by Gasteiger charge is -2.30. The second-order valence-electron chi connectivity index (χ2n) is 5.77. The maximum absolute atomic E-state index is 12.5. The van der Waals surface area contributed by atoms with Crippen molar-refractivity contribution in [2.75, 3.05) is 19.8 Å². The van der Waals surface area contributed by atoms with Crippen LogP contribution in [0.1, 0.15) is 38.5 Å². The highest BCUT2D eigenvalue weighted by molar-refractivity contribution is 5.85. The number of Topliss-reactive ketones (excluding diaryl/α,β-unsaturated/α-hetero) is 1. The van der Waals surface area contributed by atoms with E-state index in [1.54, 1.807) is 0 Å². The molecule has 0 radical (unpaired) electrons. The number of hydrogen-bond acceptors (Lipinski definition) is 3. The molecule has 18 heavy (non-hydrogen) atoms. The minimum atomic E-state index is 0.0436. The molecule has 2 aliphatic heterocycles. The Balaban J connectivity index is 1.70. The predicted octanol–water partition coefficient (Wildman–Crippen LogP) is 1.38. The van der Waals surface area contributed by atoms with Gasteiger partial charge < -0.3 is 9.64 Å². The van der Waals surface area contributed by atoms with E-state index in [1.807, 2.05) is 4.90 Å². The Bertz CT molecular complexity index is 349. The molecule has 1 aliphatic carbocycles. The zero-order valence-corrected chi connectivity index (χ0v) is 10.8. The fourth-order valence-electron chi connectivity index (χ4n) is 3.70. The molecule has 4 heteroatoms. The highest BCUT2D eigenvalue weighted by Crippen LogP contribution is 2.34. The first-order valence-electron chi connectivity index (χ1n) is 7.18. The largest absolute Gasteiger partial charge is 0.381 e. The second-order valence-corrected chi connectivity index (χ2v) is 5.77. The van der Waals surface area contributed by atoms with Crippen molar-refractivity contribution in [1.29, 1.82) is 0 Å². The number of ketones is 1. The van der Waals surface area contributed by atoms with E-state index in [0.29, 0.717) is 19.0 Å². The van der Waals surface area contributed by atoms with Crippen molar-refractivity contribution < 1.29 is 14.3 Å². The number of amides is 1. The fourth-order valence-corrected chi connectivity index (χ4v) is 3.70. The van der Waals surface area contributed by atoms with Crippen LogP contribution in [0.3, 0.4) is 0 Å². The molecule has 0 N–H and O–H groups in total. The molecule has 1 amide bonds. The third-order valence-corrected chi connectivity index (χ3v) is 4.68. The van der Waals surface area contributed by atoms with Gasteiger partial charge in [-0.2, -0.15) is 0 Å². The minimum absolute atomic E-state index is 0.0436. The van der Waals surface area contributed by atoms with Crippen LogP contribution < -0.4 is 0 Å². The molecule has 3 atom stereocenters. The van der Waals surface area contributed by atoms with Crippen molar-refractivity contribution in [2.24, 2.45) is 11.8 Å². The van der Waals surface area contributed by atoms with Gasteiger partial charge in [-0.15, -0.1) is 0 Å². The highest BCUT2D eigenvalue weighted by atomic mass is 16.5. The summed E-state index contributed by atoms with van der Waals surface area (Å²) in [6, 6.07) is 0.188. The first-order chi connectivity index (χ1) is 8.77. The standard InChI is InChI=1S/C14H21NO3/c16-13-5-1-3-11(13)12-4-2-7-15(12)14(17)10-6-8-18-9-10/h10-12H,1-9H2. The second kappa shape index (κ2) is 5.00. The van der Waals surface area contributed by atoms with Crippen molar-refractivity contribution >= 4 is 11.7 Å². The summed E-state index contributed by atoms with van der Waals surface area (Å²) in [4.78, 5) is 26.3. The predicted molar refractivity (Wildman–Crippen MR) is 66.0 cm³/mol. The van der Waals surface area contributed by atoms with Gasteiger partial charge in [-0.3, -0.25) is 9.59 Å². The summed E-state index contributed by atoms with van der Waals surface area (Å²) < 4.78 is 5.31. The summed E-state index contributed by atoms with van der Waals surface area (Å²) in [5.74, 6) is 0.776. The maximum Gasteiger partial charge on any atom is 0.228 e. The molecule has 3 aliphatic rings. The molecule has 0 aromatic carbocycles. The van der Waals surface area contributed by atoms with Crippen LogP contribution in [0, 0.1) is 11.8 Å². The van der Waals surface area contributed by atoms with Crippen LogP contribution in [0.2, 0.25) is 0 Å². The highest BCUT2D eigenvalue weighted by Gasteiger charge is 2.42. The van der Waals surface area contributed by atoms with Gasteiger partial charge in [0.25, 0.3) is 0 Å². The lowest BCUT2D eigenvalue weighted by atomic mass is 9.94. The van der Waals surface area contributed by atoms with Crippen LogP contribution in [0.15, 0.2) is 0 Å². The molecule has 1 saturated carbocycles.